The molecule has 0 radical (unpaired) electrons. The minimum absolute atomic E-state index is 0.151. The summed E-state index contributed by atoms with van der Waals surface area (Å²) in [5.74, 6) is -0.528. The maximum absolute atomic E-state index is 13.5. The van der Waals surface area contributed by atoms with Crippen molar-refractivity contribution in [3.63, 3.8) is 0 Å². The zero-order valence-corrected chi connectivity index (χ0v) is 13.2. The summed E-state index contributed by atoms with van der Waals surface area (Å²) in [6, 6.07) is 9.33. The Kier molecular flexibility index (Phi) is 4.51. The van der Waals surface area contributed by atoms with Gasteiger partial charge in [0, 0.05) is 5.56 Å². The molecule has 3 aromatic rings. The average Bonchev–Trinajstić information content (AvgIpc) is 2.89. The predicted molar refractivity (Wildman–Crippen MR) is 84.4 cm³/mol. The topological polar surface area (TPSA) is 70.8 Å². The summed E-state index contributed by atoms with van der Waals surface area (Å²) < 4.78 is 36.5. The Balaban J connectivity index is 2.03. The monoisotopic (exact) mass is 350 g/mol. The van der Waals surface area contributed by atoms with E-state index in [1.807, 2.05) is 0 Å². The second-order valence-corrected chi connectivity index (χ2v) is 5.97. The molecule has 0 N–H and O–H groups in total. The fourth-order valence-electron chi connectivity index (χ4n) is 2.18. The van der Waals surface area contributed by atoms with Crippen LogP contribution in [0.25, 0.3) is 16.9 Å². The molecule has 118 valence electrons. The van der Waals surface area contributed by atoms with Gasteiger partial charge < -0.3 is 4.55 Å². The molecule has 0 saturated carbocycles. The van der Waals surface area contributed by atoms with Gasteiger partial charge in [-0.15, -0.1) is 0 Å². The van der Waals surface area contributed by atoms with E-state index in [4.69, 9.17) is 11.6 Å². The second kappa shape index (κ2) is 6.57. The van der Waals surface area contributed by atoms with Crippen LogP contribution in [0.15, 0.2) is 48.9 Å². The van der Waals surface area contributed by atoms with Crippen molar-refractivity contribution in [1.29, 1.82) is 0 Å². The molecule has 2 heterocycles. The molecule has 0 bridgehead atoms. The molecule has 2 aromatic heterocycles. The largest absolute Gasteiger partial charge is 0.772 e. The van der Waals surface area contributed by atoms with Gasteiger partial charge in [0.15, 0.2) is 5.15 Å². The van der Waals surface area contributed by atoms with Crippen molar-refractivity contribution in [2.45, 2.75) is 5.75 Å². The van der Waals surface area contributed by atoms with Crippen LogP contribution in [-0.4, -0.2) is 23.3 Å². The Morgan fingerprint density at radius 3 is 2.74 bits per heavy atom. The highest BCUT2D eigenvalue weighted by atomic mass is 35.5. The minimum atomic E-state index is -2.19. The standard InChI is InChI=1S/C15H11ClFN3O2S/c16-15-14(10-2-1-3-11(17)6-10)20(9-19-15)13-5-4-12(18-7-13)8-23(21)22/h1-7,9H,8H2,(H,21,22)/p-1. The first-order valence-electron chi connectivity index (χ1n) is 6.54. The molecule has 0 aliphatic heterocycles. The molecule has 23 heavy (non-hydrogen) atoms. The van der Waals surface area contributed by atoms with Crippen LogP contribution in [0.2, 0.25) is 5.15 Å². The number of hydrogen-bond acceptors (Lipinski definition) is 4. The highest BCUT2D eigenvalue weighted by molar-refractivity contribution is 7.78. The van der Waals surface area contributed by atoms with Crippen molar-refractivity contribution >= 4 is 22.7 Å². The van der Waals surface area contributed by atoms with E-state index in [0.29, 0.717) is 22.6 Å². The van der Waals surface area contributed by atoms with Gasteiger partial charge in [-0.05, 0) is 35.3 Å². The van der Waals surface area contributed by atoms with Crippen molar-refractivity contribution in [2.75, 3.05) is 0 Å². The van der Waals surface area contributed by atoms with Gasteiger partial charge >= 0.3 is 0 Å². The highest BCUT2D eigenvalue weighted by Gasteiger charge is 2.14. The zero-order chi connectivity index (χ0) is 16.4. The van der Waals surface area contributed by atoms with Crippen LogP contribution >= 0.6 is 11.6 Å². The van der Waals surface area contributed by atoms with Crippen LogP contribution in [0.4, 0.5) is 4.39 Å². The van der Waals surface area contributed by atoms with Crippen molar-refractivity contribution in [1.82, 2.24) is 14.5 Å². The lowest BCUT2D eigenvalue weighted by Crippen LogP contribution is -2.00. The lowest BCUT2D eigenvalue weighted by Gasteiger charge is -2.10. The summed E-state index contributed by atoms with van der Waals surface area (Å²) in [7, 11) is 0. The van der Waals surface area contributed by atoms with Gasteiger partial charge in [-0.3, -0.25) is 13.8 Å². The van der Waals surface area contributed by atoms with Crippen LogP contribution in [0.5, 0.6) is 0 Å². The molecule has 1 atom stereocenters. The molecule has 3 rings (SSSR count). The SMILES string of the molecule is O=S([O-])Cc1ccc(-n2cnc(Cl)c2-c2cccc(F)c2)cn1. The van der Waals surface area contributed by atoms with Gasteiger partial charge in [0.25, 0.3) is 0 Å². The van der Waals surface area contributed by atoms with Gasteiger partial charge in [-0.25, -0.2) is 9.37 Å². The van der Waals surface area contributed by atoms with Crippen LogP contribution in [0, 0.1) is 5.82 Å². The number of aromatic nitrogens is 3. The van der Waals surface area contributed by atoms with Crippen LogP contribution in [0.1, 0.15) is 5.69 Å². The first-order valence-corrected chi connectivity index (χ1v) is 8.17. The van der Waals surface area contributed by atoms with E-state index in [1.54, 1.807) is 28.8 Å². The lowest BCUT2D eigenvalue weighted by atomic mass is 10.1. The third-order valence-corrected chi connectivity index (χ3v) is 3.98. The van der Waals surface area contributed by atoms with Gasteiger partial charge in [0.2, 0.25) is 0 Å². The molecule has 0 aliphatic rings. The Hall–Kier alpha value is -2.09. The Morgan fingerprint density at radius 2 is 2.09 bits per heavy atom. The quantitative estimate of drug-likeness (QED) is 0.678. The summed E-state index contributed by atoms with van der Waals surface area (Å²) in [6.45, 7) is 0. The summed E-state index contributed by atoms with van der Waals surface area (Å²) in [5.41, 5.74) is 2.19. The van der Waals surface area contributed by atoms with E-state index in [1.165, 1.54) is 24.7 Å². The molecule has 0 saturated heterocycles. The van der Waals surface area contributed by atoms with Crippen molar-refractivity contribution < 1.29 is 13.2 Å². The molecule has 0 fully saturated rings. The number of halogens is 2. The summed E-state index contributed by atoms with van der Waals surface area (Å²) in [6.07, 6.45) is 3.02. The third kappa shape index (κ3) is 3.47. The Morgan fingerprint density at radius 1 is 1.26 bits per heavy atom. The molecular weight excluding hydrogens is 341 g/mol. The number of benzene rings is 1. The maximum Gasteiger partial charge on any atom is 0.155 e. The number of rotatable bonds is 4. The molecule has 8 heteroatoms. The Bertz CT molecular complexity index is 867. The minimum Gasteiger partial charge on any atom is -0.772 e. The van der Waals surface area contributed by atoms with E-state index in [2.05, 4.69) is 9.97 Å². The van der Waals surface area contributed by atoms with Gasteiger partial charge in [-0.1, -0.05) is 23.7 Å². The molecule has 5 nitrogen and oxygen atoms in total. The molecule has 1 aromatic carbocycles. The summed E-state index contributed by atoms with van der Waals surface area (Å²) >= 11 is 3.93. The zero-order valence-electron chi connectivity index (χ0n) is 11.6. The molecular formula is C15H10ClFN3O2S-. The molecule has 0 aliphatic carbocycles. The lowest BCUT2D eigenvalue weighted by molar-refractivity contribution is 0.535. The summed E-state index contributed by atoms with van der Waals surface area (Å²) in [4.78, 5) is 8.15. The highest BCUT2D eigenvalue weighted by Crippen LogP contribution is 2.29. The van der Waals surface area contributed by atoms with E-state index in [-0.39, 0.29) is 16.7 Å². The van der Waals surface area contributed by atoms with E-state index in [9.17, 15) is 13.2 Å². The average molecular weight is 351 g/mol. The van der Waals surface area contributed by atoms with E-state index < -0.39 is 11.1 Å². The van der Waals surface area contributed by atoms with Gasteiger partial charge in [0.1, 0.15) is 12.1 Å². The van der Waals surface area contributed by atoms with Crippen LogP contribution in [0.3, 0.4) is 0 Å². The van der Waals surface area contributed by atoms with Crippen molar-refractivity contribution in [3.8, 4) is 16.9 Å². The first kappa shape index (κ1) is 15.8. The Labute approximate surface area is 139 Å². The van der Waals surface area contributed by atoms with Gasteiger partial charge in [-0.2, -0.15) is 0 Å². The molecule has 0 spiro atoms. The number of imidazole rings is 1. The van der Waals surface area contributed by atoms with E-state index >= 15 is 0 Å². The van der Waals surface area contributed by atoms with Gasteiger partial charge in [0.05, 0.1) is 29.0 Å². The van der Waals surface area contributed by atoms with Crippen molar-refractivity contribution in [3.05, 3.63) is 65.6 Å². The molecule has 1 unspecified atom stereocenters. The number of pyridine rings is 1. The second-order valence-electron chi connectivity index (χ2n) is 4.72. The fraction of sp³-hybridized carbons (Fsp3) is 0.0667. The predicted octanol–water partition coefficient (Wildman–Crippen LogP) is 3.11. The summed E-state index contributed by atoms with van der Waals surface area (Å²) in [5, 5.41) is 0.236. The van der Waals surface area contributed by atoms with Crippen LogP contribution in [-0.2, 0) is 16.8 Å². The smallest absolute Gasteiger partial charge is 0.155 e. The number of hydrogen-bond donors (Lipinski definition) is 0. The number of nitrogens with zero attached hydrogens (tertiary/aromatic N) is 3. The van der Waals surface area contributed by atoms with Crippen LogP contribution < -0.4 is 0 Å². The first-order chi connectivity index (χ1) is 11.0. The van der Waals surface area contributed by atoms with E-state index in [0.717, 1.165) is 0 Å². The normalized spacial score (nSPS) is 12.3. The maximum atomic E-state index is 13.5. The fourth-order valence-corrected chi connectivity index (χ4v) is 2.84. The third-order valence-electron chi connectivity index (χ3n) is 3.17. The molecule has 0 amide bonds. The van der Waals surface area contributed by atoms with Crippen molar-refractivity contribution in [2.24, 2.45) is 0 Å².